The van der Waals surface area contributed by atoms with Crippen LogP contribution in [0.2, 0.25) is 0 Å². The van der Waals surface area contributed by atoms with Gasteiger partial charge in [0, 0.05) is 0 Å². The van der Waals surface area contributed by atoms with Crippen LogP contribution in [0.3, 0.4) is 0 Å². The summed E-state index contributed by atoms with van der Waals surface area (Å²) in [6, 6.07) is 5.13. The number of nitrogens with two attached hydrogens (primary N) is 1. The standard InChI is InChI=1S/C11H14FNO/c1-8-3-2-4-9(10(8)12)14-7-11(13)5-6-11/h2-4H,5-7,13H2,1H3. The van der Waals surface area contributed by atoms with Crippen LogP contribution in [0.5, 0.6) is 5.75 Å². The molecule has 14 heavy (non-hydrogen) atoms. The van der Waals surface area contributed by atoms with Crippen LogP contribution in [0.15, 0.2) is 18.2 Å². The molecule has 0 atom stereocenters. The summed E-state index contributed by atoms with van der Waals surface area (Å²) in [6.07, 6.45) is 1.95. The van der Waals surface area contributed by atoms with Crippen LogP contribution in [-0.4, -0.2) is 12.1 Å². The Morgan fingerprint density at radius 1 is 1.50 bits per heavy atom. The summed E-state index contributed by atoms with van der Waals surface area (Å²) in [7, 11) is 0. The zero-order valence-corrected chi connectivity index (χ0v) is 8.22. The molecule has 0 radical (unpaired) electrons. The highest BCUT2D eigenvalue weighted by Crippen LogP contribution is 2.33. The number of rotatable bonds is 3. The van der Waals surface area contributed by atoms with Gasteiger partial charge in [0.1, 0.15) is 6.61 Å². The summed E-state index contributed by atoms with van der Waals surface area (Å²) < 4.78 is 18.8. The molecule has 76 valence electrons. The molecule has 3 heteroatoms. The number of hydrogen-bond acceptors (Lipinski definition) is 2. The molecule has 1 fully saturated rings. The zero-order valence-electron chi connectivity index (χ0n) is 8.22. The molecule has 0 unspecified atom stereocenters. The first-order chi connectivity index (χ1) is 6.61. The topological polar surface area (TPSA) is 35.2 Å². The smallest absolute Gasteiger partial charge is 0.167 e. The van der Waals surface area contributed by atoms with Gasteiger partial charge >= 0.3 is 0 Å². The first kappa shape index (κ1) is 9.46. The van der Waals surface area contributed by atoms with Crippen LogP contribution < -0.4 is 10.5 Å². The fourth-order valence-electron chi connectivity index (χ4n) is 1.26. The minimum Gasteiger partial charge on any atom is -0.489 e. The van der Waals surface area contributed by atoms with Gasteiger partial charge in [-0.25, -0.2) is 4.39 Å². The summed E-state index contributed by atoms with van der Waals surface area (Å²) in [5, 5.41) is 0. The minimum absolute atomic E-state index is 0.198. The molecule has 2 rings (SSSR count). The molecule has 0 heterocycles. The van der Waals surface area contributed by atoms with Gasteiger partial charge in [-0.3, -0.25) is 0 Å². The van der Waals surface area contributed by atoms with Crippen molar-refractivity contribution in [3.8, 4) is 5.75 Å². The number of aryl methyl sites for hydroxylation is 1. The van der Waals surface area contributed by atoms with Crippen molar-refractivity contribution in [3.05, 3.63) is 29.6 Å². The normalized spacial score (nSPS) is 17.9. The maximum Gasteiger partial charge on any atom is 0.167 e. The second-order valence-corrected chi connectivity index (χ2v) is 4.04. The maximum atomic E-state index is 13.4. The van der Waals surface area contributed by atoms with Gasteiger partial charge < -0.3 is 10.5 Å². The van der Waals surface area contributed by atoms with Gasteiger partial charge in [-0.2, -0.15) is 0 Å². The molecule has 0 spiro atoms. The quantitative estimate of drug-likeness (QED) is 0.800. The van der Waals surface area contributed by atoms with Crippen LogP contribution in [0.1, 0.15) is 18.4 Å². The molecule has 0 aromatic heterocycles. The van der Waals surface area contributed by atoms with Crippen molar-refractivity contribution in [1.82, 2.24) is 0 Å². The molecule has 1 aliphatic carbocycles. The number of halogens is 1. The fourth-order valence-corrected chi connectivity index (χ4v) is 1.26. The van der Waals surface area contributed by atoms with Gasteiger partial charge in [0.25, 0.3) is 0 Å². The van der Waals surface area contributed by atoms with E-state index in [0.29, 0.717) is 17.9 Å². The minimum atomic E-state index is -0.281. The van der Waals surface area contributed by atoms with Crippen LogP contribution in [-0.2, 0) is 0 Å². The highest BCUT2D eigenvalue weighted by Gasteiger charge is 2.39. The molecule has 1 aromatic rings. The van der Waals surface area contributed by atoms with Crippen LogP contribution >= 0.6 is 0 Å². The zero-order chi connectivity index (χ0) is 10.2. The van der Waals surface area contributed by atoms with E-state index in [1.54, 1.807) is 25.1 Å². The Balaban J connectivity index is 2.05. The lowest BCUT2D eigenvalue weighted by atomic mass is 10.2. The summed E-state index contributed by atoms with van der Waals surface area (Å²) in [4.78, 5) is 0. The predicted molar refractivity (Wildman–Crippen MR) is 52.8 cm³/mol. The monoisotopic (exact) mass is 195 g/mol. The lowest BCUT2D eigenvalue weighted by molar-refractivity contribution is 0.266. The maximum absolute atomic E-state index is 13.4. The average molecular weight is 195 g/mol. The molecule has 1 aliphatic rings. The van der Waals surface area contributed by atoms with E-state index in [1.807, 2.05) is 0 Å². The van der Waals surface area contributed by atoms with E-state index in [4.69, 9.17) is 10.5 Å². The molecule has 2 N–H and O–H groups in total. The Hall–Kier alpha value is -1.09. The molecule has 1 aromatic carbocycles. The predicted octanol–water partition coefficient (Wildman–Crippen LogP) is 2.00. The Labute approximate surface area is 82.9 Å². The second kappa shape index (κ2) is 3.24. The van der Waals surface area contributed by atoms with Gasteiger partial charge in [-0.15, -0.1) is 0 Å². The number of ether oxygens (including phenoxy) is 1. The third kappa shape index (κ3) is 1.87. The van der Waals surface area contributed by atoms with Crippen LogP contribution in [0.4, 0.5) is 4.39 Å². The largest absolute Gasteiger partial charge is 0.489 e. The van der Waals surface area contributed by atoms with Crippen molar-refractivity contribution in [2.75, 3.05) is 6.61 Å². The van der Waals surface area contributed by atoms with E-state index in [0.717, 1.165) is 12.8 Å². The second-order valence-electron chi connectivity index (χ2n) is 4.04. The van der Waals surface area contributed by atoms with E-state index in [-0.39, 0.29) is 11.4 Å². The lowest BCUT2D eigenvalue weighted by Crippen LogP contribution is -2.30. The highest BCUT2D eigenvalue weighted by atomic mass is 19.1. The van der Waals surface area contributed by atoms with Gasteiger partial charge in [-0.1, -0.05) is 12.1 Å². The van der Waals surface area contributed by atoms with Crippen molar-refractivity contribution in [2.45, 2.75) is 25.3 Å². The van der Waals surface area contributed by atoms with Gasteiger partial charge in [0.05, 0.1) is 5.54 Å². The van der Waals surface area contributed by atoms with Gasteiger partial charge in [0.2, 0.25) is 0 Å². The van der Waals surface area contributed by atoms with E-state index in [1.165, 1.54) is 0 Å². The molecular formula is C11H14FNO. The summed E-state index contributed by atoms with van der Waals surface area (Å²) >= 11 is 0. The third-order valence-electron chi connectivity index (χ3n) is 2.56. The van der Waals surface area contributed by atoms with E-state index in [9.17, 15) is 4.39 Å². The number of benzene rings is 1. The molecule has 0 amide bonds. The van der Waals surface area contributed by atoms with Gasteiger partial charge in [-0.05, 0) is 31.4 Å². The number of hydrogen-bond donors (Lipinski definition) is 1. The average Bonchev–Trinajstić information content (AvgIpc) is 2.88. The Kier molecular flexibility index (Phi) is 2.19. The van der Waals surface area contributed by atoms with Crippen molar-refractivity contribution in [1.29, 1.82) is 0 Å². The van der Waals surface area contributed by atoms with Crippen molar-refractivity contribution < 1.29 is 9.13 Å². The first-order valence-electron chi connectivity index (χ1n) is 4.78. The molecule has 2 nitrogen and oxygen atoms in total. The van der Waals surface area contributed by atoms with E-state index in [2.05, 4.69) is 0 Å². The van der Waals surface area contributed by atoms with Crippen LogP contribution in [0.25, 0.3) is 0 Å². The summed E-state index contributed by atoms with van der Waals surface area (Å²) in [5.41, 5.74) is 6.24. The van der Waals surface area contributed by atoms with Gasteiger partial charge in [0.15, 0.2) is 11.6 Å². The molecule has 0 aliphatic heterocycles. The Morgan fingerprint density at radius 2 is 2.21 bits per heavy atom. The summed E-state index contributed by atoms with van der Waals surface area (Å²) in [6.45, 7) is 2.13. The molecule has 0 saturated heterocycles. The molecule has 0 bridgehead atoms. The Bertz CT molecular complexity index is 347. The van der Waals surface area contributed by atoms with Crippen LogP contribution in [0, 0.1) is 12.7 Å². The fraction of sp³-hybridized carbons (Fsp3) is 0.455. The summed E-state index contributed by atoms with van der Waals surface area (Å²) in [5.74, 6) is 0.0264. The van der Waals surface area contributed by atoms with Crippen molar-refractivity contribution in [2.24, 2.45) is 5.73 Å². The van der Waals surface area contributed by atoms with E-state index < -0.39 is 0 Å². The van der Waals surface area contributed by atoms with Crippen molar-refractivity contribution >= 4 is 0 Å². The highest BCUT2D eigenvalue weighted by molar-refractivity contribution is 5.30. The SMILES string of the molecule is Cc1cccc(OCC2(N)CC2)c1F. The van der Waals surface area contributed by atoms with E-state index >= 15 is 0 Å². The first-order valence-corrected chi connectivity index (χ1v) is 4.78. The molecular weight excluding hydrogens is 181 g/mol. The van der Waals surface area contributed by atoms with Crippen molar-refractivity contribution in [3.63, 3.8) is 0 Å². The molecule has 1 saturated carbocycles. The third-order valence-corrected chi connectivity index (χ3v) is 2.56. The Morgan fingerprint density at radius 3 is 2.86 bits per heavy atom. The lowest BCUT2D eigenvalue weighted by Gasteiger charge is -2.12.